The third-order valence-electron chi connectivity index (χ3n) is 3.99. The number of nitrogens with one attached hydrogen (secondary N) is 1. The van der Waals surface area contributed by atoms with E-state index < -0.39 is 11.4 Å². The number of carbonyl (C=O) groups is 2. The fourth-order valence-corrected chi connectivity index (χ4v) is 2.12. The lowest BCUT2D eigenvalue weighted by molar-refractivity contribution is -0.147. The molecule has 0 aliphatic carbocycles. The van der Waals surface area contributed by atoms with Gasteiger partial charge in [-0.25, -0.2) is 4.79 Å². The van der Waals surface area contributed by atoms with Crippen LogP contribution in [0, 0.1) is 5.41 Å². The molecule has 2 atom stereocenters. The van der Waals surface area contributed by atoms with Crippen LogP contribution in [-0.2, 0) is 4.79 Å². The molecule has 0 aromatic heterocycles. The van der Waals surface area contributed by atoms with Crippen LogP contribution in [0.5, 0.6) is 0 Å². The first-order valence-corrected chi connectivity index (χ1v) is 6.68. The Morgan fingerprint density at radius 1 is 1.44 bits per heavy atom. The molecule has 0 aromatic carbocycles. The van der Waals surface area contributed by atoms with Crippen molar-refractivity contribution in [2.24, 2.45) is 5.41 Å². The van der Waals surface area contributed by atoms with Gasteiger partial charge in [-0.3, -0.25) is 4.79 Å². The average molecular weight is 256 g/mol. The molecule has 0 saturated carbocycles. The highest BCUT2D eigenvalue weighted by Crippen LogP contribution is 2.21. The lowest BCUT2D eigenvalue weighted by atomic mass is 9.88. The van der Waals surface area contributed by atoms with Crippen LogP contribution >= 0.6 is 0 Å². The van der Waals surface area contributed by atoms with Gasteiger partial charge in [0, 0.05) is 19.1 Å². The number of nitrogens with zero attached hydrogens (tertiary/aromatic N) is 1. The number of rotatable bonds is 4. The average Bonchev–Trinajstić information content (AvgIpc) is 2.35. The maximum absolute atomic E-state index is 12.0. The fourth-order valence-electron chi connectivity index (χ4n) is 2.12. The Kier molecular flexibility index (Phi) is 4.99. The van der Waals surface area contributed by atoms with Crippen molar-refractivity contribution in [1.29, 1.82) is 0 Å². The molecule has 0 radical (unpaired) electrons. The first-order chi connectivity index (χ1) is 8.40. The highest BCUT2D eigenvalue weighted by molar-refractivity contribution is 5.78. The summed E-state index contributed by atoms with van der Waals surface area (Å²) in [5.74, 6) is -0.864. The molecule has 1 aliphatic rings. The van der Waals surface area contributed by atoms with E-state index >= 15 is 0 Å². The van der Waals surface area contributed by atoms with Crippen LogP contribution in [0.2, 0.25) is 0 Å². The summed E-state index contributed by atoms with van der Waals surface area (Å²) >= 11 is 0. The van der Waals surface area contributed by atoms with E-state index in [-0.39, 0.29) is 18.6 Å². The van der Waals surface area contributed by atoms with E-state index in [4.69, 9.17) is 5.11 Å². The van der Waals surface area contributed by atoms with Gasteiger partial charge in [-0.1, -0.05) is 6.92 Å². The lowest BCUT2D eigenvalue weighted by Gasteiger charge is -2.34. The number of hydrogen-bond acceptors (Lipinski definition) is 2. The van der Waals surface area contributed by atoms with Crippen molar-refractivity contribution in [3.63, 3.8) is 0 Å². The van der Waals surface area contributed by atoms with Crippen molar-refractivity contribution in [3.05, 3.63) is 0 Å². The monoisotopic (exact) mass is 256 g/mol. The molecule has 2 N–H and O–H groups in total. The summed E-state index contributed by atoms with van der Waals surface area (Å²) in [4.78, 5) is 25.0. The molecule has 0 bridgehead atoms. The van der Waals surface area contributed by atoms with Crippen molar-refractivity contribution in [1.82, 2.24) is 10.2 Å². The van der Waals surface area contributed by atoms with Gasteiger partial charge in [0.25, 0.3) is 0 Å². The predicted octanol–water partition coefficient (Wildman–Crippen LogP) is 2.07. The topological polar surface area (TPSA) is 69.6 Å². The number of aliphatic carboxylic acids is 1. The number of hydrogen-bond donors (Lipinski definition) is 2. The molecule has 1 fully saturated rings. The quantitative estimate of drug-likeness (QED) is 0.809. The molecule has 1 aliphatic heterocycles. The summed E-state index contributed by atoms with van der Waals surface area (Å²) in [7, 11) is 0. The number of piperidine rings is 1. The Balaban J connectivity index is 2.52. The van der Waals surface area contributed by atoms with Gasteiger partial charge in [-0.05, 0) is 39.5 Å². The molecule has 0 spiro atoms. The van der Waals surface area contributed by atoms with Crippen LogP contribution in [0.4, 0.5) is 4.79 Å². The fraction of sp³-hybridized carbons (Fsp3) is 0.846. The van der Waals surface area contributed by atoms with Crippen LogP contribution in [0.25, 0.3) is 0 Å². The first kappa shape index (κ1) is 14.8. The van der Waals surface area contributed by atoms with Gasteiger partial charge in [0.1, 0.15) is 0 Å². The van der Waals surface area contributed by atoms with Crippen LogP contribution in [0.15, 0.2) is 0 Å². The van der Waals surface area contributed by atoms with Gasteiger partial charge in [0.2, 0.25) is 0 Å². The van der Waals surface area contributed by atoms with E-state index in [2.05, 4.69) is 5.32 Å². The summed E-state index contributed by atoms with van der Waals surface area (Å²) in [6, 6.07) is 0.111. The van der Waals surface area contributed by atoms with Crippen molar-refractivity contribution in [2.75, 3.05) is 13.1 Å². The number of carboxylic acids is 1. The third-order valence-corrected chi connectivity index (χ3v) is 3.99. The van der Waals surface area contributed by atoms with Gasteiger partial charge in [0.05, 0.1) is 5.41 Å². The number of carbonyl (C=O) groups excluding carboxylic acids is 1. The van der Waals surface area contributed by atoms with Crippen molar-refractivity contribution in [3.8, 4) is 0 Å². The van der Waals surface area contributed by atoms with Crippen LogP contribution < -0.4 is 5.32 Å². The maximum Gasteiger partial charge on any atom is 0.317 e. The molecule has 5 nitrogen and oxygen atoms in total. The largest absolute Gasteiger partial charge is 0.481 e. The molecule has 2 unspecified atom stereocenters. The second kappa shape index (κ2) is 6.07. The molecule has 1 saturated heterocycles. The smallest absolute Gasteiger partial charge is 0.317 e. The summed E-state index contributed by atoms with van der Waals surface area (Å²) < 4.78 is 0. The van der Waals surface area contributed by atoms with Crippen LogP contribution in [0.1, 0.15) is 46.5 Å². The molecule has 2 amide bonds. The zero-order valence-corrected chi connectivity index (χ0v) is 11.5. The Labute approximate surface area is 109 Å². The van der Waals surface area contributed by atoms with Crippen LogP contribution in [-0.4, -0.2) is 41.1 Å². The van der Waals surface area contributed by atoms with Gasteiger partial charge in [-0.15, -0.1) is 0 Å². The predicted molar refractivity (Wildman–Crippen MR) is 69.5 cm³/mol. The SMILES string of the molecule is CCC(C)(CNC(=O)N1CCCCC1C)C(=O)O. The molecule has 18 heavy (non-hydrogen) atoms. The van der Waals surface area contributed by atoms with E-state index in [1.807, 2.05) is 13.8 Å². The number of amides is 2. The van der Waals surface area contributed by atoms with Crippen molar-refractivity contribution in [2.45, 2.75) is 52.5 Å². The molecular formula is C13H24N2O3. The van der Waals surface area contributed by atoms with E-state index in [1.54, 1.807) is 11.8 Å². The Morgan fingerprint density at radius 2 is 2.11 bits per heavy atom. The number of likely N-dealkylation sites (tertiary alicyclic amines) is 1. The molecule has 104 valence electrons. The molecule has 1 heterocycles. The maximum atomic E-state index is 12.0. The number of urea groups is 1. The van der Waals surface area contributed by atoms with Gasteiger partial charge >= 0.3 is 12.0 Å². The van der Waals surface area contributed by atoms with E-state index in [0.29, 0.717) is 6.42 Å². The number of carboxylic acid groups (broad SMARTS) is 1. The first-order valence-electron chi connectivity index (χ1n) is 6.68. The second-order valence-electron chi connectivity index (χ2n) is 5.42. The molecule has 0 aromatic rings. The molecular weight excluding hydrogens is 232 g/mol. The zero-order chi connectivity index (χ0) is 13.8. The summed E-state index contributed by atoms with van der Waals surface area (Å²) in [5.41, 5.74) is -0.880. The van der Waals surface area contributed by atoms with Crippen molar-refractivity contribution < 1.29 is 14.7 Å². The Hall–Kier alpha value is -1.26. The minimum atomic E-state index is -0.880. The summed E-state index contributed by atoms with van der Waals surface area (Å²) in [6.07, 6.45) is 3.71. The van der Waals surface area contributed by atoms with Gasteiger partial charge < -0.3 is 15.3 Å². The minimum absolute atomic E-state index is 0.136. The second-order valence-corrected chi connectivity index (χ2v) is 5.42. The van der Waals surface area contributed by atoms with E-state index in [9.17, 15) is 9.59 Å². The normalized spacial score (nSPS) is 23.3. The third kappa shape index (κ3) is 3.37. The minimum Gasteiger partial charge on any atom is -0.481 e. The summed E-state index contributed by atoms with van der Waals surface area (Å²) in [6.45, 7) is 6.47. The Morgan fingerprint density at radius 3 is 2.61 bits per heavy atom. The molecule has 1 rings (SSSR count). The van der Waals surface area contributed by atoms with E-state index in [0.717, 1.165) is 25.8 Å². The molecule has 5 heteroatoms. The van der Waals surface area contributed by atoms with Gasteiger partial charge in [0.15, 0.2) is 0 Å². The van der Waals surface area contributed by atoms with Gasteiger partial charge in [-0.2, -0.15) is 0 Å². The highest BCUT2D eigenvalue weighted by atomic mass is 16.4. The van der Waals surface area contributed by atoms with Crippen molar-refractivity contribution >= 4 is 12.0 Å². The summed E-state index contributed by atoms with van der Waals surface area (Å²) in [5, 5.41) is 11.9. The van der Waals surface area contributed by atoms with Crippen LogP contribution in [0.3, 0.4) is 0 Å². The lowest BCUT2D eigenvalue weighted by Crippen LogP contribution is -2.50. The van der Waals surface area contributed by atoms with E-state index in [1.165, 1.54) is 0 Å². The standard InChI is InChI=1S/C13H24N2O3/c1-4-13(3,11(16)17)9-14-12(18)15-8-6-5-7-10(15)2/h10H,4-9H2,1-3H3,(H,14,18)(H,16,17). The highest BCUT2D eigenvalue weighted by Gasteiger charge is 2.32. The Bertz CT molecular complexity index is 319. The zero-order valence-electron chi connectivity index (χ0n) is 11.5.